The number of nitrogens with one attached hydrogen (secondary N) is 1. The summed E-state index contributed by atoms with van der Waals surface area (Å²) >= 11 is 1.76. The van der Waals surface area contributed by atoms with E-state index in [1.165, 1.54) is 9.75 Å². The van der Waals surface area contributed by atoms with Gasteiger partial charge in [0, 0.05) is 28.3 Å². The quantitative estimate of drug-likeness (QED) is 0.923. The third-order valence-electron chi connectivity index (χ3n) is 2.53. The van der Waals surface area contributed by atoms with Gasteiger partial charge in [0.25, 0.3) is 5.91 Å². The molecule has 2 aromatic heterocycles. The standard InChI is InChI=1S/C13H16N2O2S/c1-8(6-11-5-4-10(3)18-11)14-13(16)12-7-9(2)15-17-12/h4-5,7-8H,6H2,1-3H3,(H,14,16). The van der Waals surface area contributed by atoms with Crippen LogP contribution in [0, 0.1) is 13.8 Å². The molecule has 0 fully saturated rings. The fourth-order valence-corrected chi connectivity index (χ4v) is 2.73. The molecule has 96 valence electrons. The molecule has 0 radical (unpaired) electrons. The highest BCUT2D eigenvalue weighted by atomic mass is 32.1. The maximum atomic E-state index is 11.8. The minimum Gasteiger partial charge on any atom is -0.351 e. The average molecular weight is 264 g/mol. The molecule has 0 aliphatic rings. The molecule has 1 unspecified atom stereocenters. The maximum Gasteiger partial charge on any atom is 0.290 e. The van der Waals surface area contributed by atoms with Gasteiger partial charge >= 0.3 is 0 Å². The highest BCUT2D eigenvalue weighted by Gasteiger charge is 2.14. The Morgan fingerprint density at radius 3 is 2.83 bits per heavy atom. The highest BCUT2D eigenvalue weighted by molar-refractivity contribution is 7.11. The first-order chi connectivity index (χ1) is 8.54. The van der Waals surface area contributed by atoms with Crippen LogP contribution in [-0.4, -0.2) is 17.1 Å². The summed E-state index contributed by atoms with van der Waals surface area (Å²) in [6, 6.07) is 5.90. The predicted molar refractivity (Wildman–Crippen MR) is 70.9 cm³/mol. The van der Waals surface area contributed by atoms with Crippen LogP contribution in [0.4, 0.5) is 0 Å². The van der Waals surface area contributed by atoms with Crippen LogP contribution in [0.5, 0.6) is 0 Å². The Hall–Kier alpha value is -1.62. The van der Waals surface area contributed by atoms with E-state index < -0.39 is 0 Å². The molecule has 1 amide bonds. The van der Waals surface area contributed by atoms with E-state index in [4.69, 9.17) is 4.52 Å². The van der Waals surface area contributed by atoms with Crippen LogP contribution in [-0.2, 0) is 6.42 Å². The van der Waals surface area contributed by atoms with Crippen molar-refractivity contribution in [1.82, 2.24) is 10.5 Å². The summed E-state index contributed by atoms with van der Waals surface area (Å²) in [5.74, 6) is 0.0538. The largest absolute Gasteiger partial charge is 0.351 e. The molecule has 0 spiro atoms. The lowest BCUT2D eigenvalue weighted by Crippen LogP contribution is -2.33. The third kappa shape index (κ3) is 3.20. The molecule has 0 saturated carbocycles. The van der Waals surface area contributed by atoms with Crippen LogP contribution in [0.25, 0.3) is 0 Å². The van der Waals surface area contributed by atoms with E-state index in [0.717, 1.165) is 6.42 Å². The second-order valence-corrected chi connectivity index (χ2v) is 5.80. The van der Waals surface area contributed by atoms with Gasteiger partial charge in [0.1, 0.15) is 0 Å². The number of amides is 1. The lowest BCUT2D eigenvalue weighted by Gasteiger charge is -2.11. The van der Waals surface area contributed by atoms with Crippen molar-refractivity contribution < 1.29 is 9.32 Å². The van der Waals surface area contributed by atoms with E-state index in [2.05, 4.69) is 29.5 Å². The maximum absolute atomic E-state index is 11.8. The highest BCUT2D eigenvalue weighted by Crippen LogP contribution is 2.16. The van der Waals surface area contributed by atoms with Gasteiger partial charge in [0.2, 0.25) is 5.76 Å². The molecule has 2 heterocycles. The lowest BCUT2D eigenvalue weighted by atomic mass is 10.2. The van der Waals surface area contributed by atoms with Gasteiger partial charge < -0.3 is 9.84 Å². The SMILES string of the molecule is Cc1cc(C(=O)NC(C)Cc2ccc(C)s2)on1. The molecular weight excluding hydrogens is 248 g/mol. The van der Waals surface area contributed by atoms with Crippen LogP contribution in [0.15, 0.2) is 22.7 Å². The zero-order valence-corrected chi connectivity index (χ0v) is 11.5. The number of carbonyl (C=O) groups is 1. The molecule has 5 heteroatoms. The van der Waals surface area contributed by atoms with Gasteiger partial charge in [0.05, 0.1) is 5.69 Å². The summed E-state index contributed by atoms with van der Waals surface area (Å²) in [5, 5.41) is 6.60. The number of thiophene rings is 1. The van der Waals surface area contributed by atoms with Gasteiger partial charge in [-0.25, -0.2) is 0 Å². The summed E-state index contributed by atoms with van der Waals surface area (Å²) in [7, 11) is 0. The Morgan fingerprint density at radius 1 is 1.50 bits per heavy atom. The van der Waals surface area contributed by atoms with E-state index in [0.29, 0.717) is 5.69 Å². The number of carbonyl (C=O) groups excluding carboxylic acids is 1. The molecule has 0 aromatic carbocycles. The van der Waals surface area contributed by atoms with Crippen LogP contribution >= 0.6 is 11.3 Å². The van der Waals surface area contributed by atoms with Gasteiger partial charge in [-0.2, -0.15) is 0 Å². The van der Waals surface area contributed by atoms with E-state index in [9.17, 15) is 4.79 Å². The normalized spacial score (nSPS) is 12.4. The van der Waals surface area contributed by atoms with E-state index >= 15 is 0 Å². The monoisotopic (exact) mass is 264 g/mol. The Labute approximate surface area is 110 Å². The van der Waals surface area contributed by atoms with Crippen molar-refractivity contribution in [2.75, 3.05) is 0 Å². The predicted octanol–water partition coefficient (Wildman–Crippen LogP) is 2.71. The molecule has 2 rings (SSSR count). The van der Waals surface area contributed by atoms with Crippen molar-refractivity contribution in [3.8, 4) is 0 Å². The van der Waals surface area contributed by atoms with Gasteiger partial charge in [-0.1, -0.05) is 5.16 Å². The van der Waals surface area contributed by atoms with Crippen molar-refractivity contribution in [3.05, 3.63) is 39.4 Å². The van der Waals surface area contributed by atoms with Gasteiger partial charge in [-0.3, -0.25) is 4.79 Å². The van der Waals surface area contributed by atoms with E-state index in [-0.39, 0.29) is 17.7 Å². The summed E-state index contributed by atoms with van der Waals surface area (Å²) in [4.78, 5) is 14.4. The molecule has 0 bridgehead atoms. The summed E-state index contributed by atoms with van der Waals surface area (Å²) in [6.45, 7) is 5.85. The number of nitrogens with zero attached hydrogens (tertiary/aromatic N) is 1. The van der Waals surface area contributed by atoms with E-state index in [1.807, 2.05) is 6.92 Å². The fraction of sp³-hybridized carbons (Fsp3) is 0.385. The molecule has 4 nitrogen and oxygen atoms in total. The van der Waals surface area contributed by atoms with Gasteiger partial charge in [-0.15, -0.1) is 11.3 Å². The fourth-order valence-electron chi connectivity index (χ4n) is 1.71. The van der Waals surface area contributed by atoms with Crippen LogP contribution < -0.4 is 5.32 Å². The Morgan fingerprint density at radius 2 is 2.28 bits per heavy atom. The number of aryl methyl sites for hydroxylation is 2. The second kappa shape index (κ2) is 5.35. The molecule has 1 atom stereocenters. The van der Waals surface area contributed by atoms with Gasteiger partial charge in [-0.05, 0) is 32.9 Å². The first-order valence-electron chi connectivity index (χ1n) is 5.84. The van der Waals surface area contributed by atoms with E-state index in [1.54, 1.807) is 24.3 Å². The summed E-state index contributed by atoms with van der Waals surface area (Å²) in [5.41, 5.74) is 0.710. The lowest BCUT2D eigenvalue weighted by molar-refractivity contribution is 0.0903. The zero-order chi connectivity index (χ0) is 13.1. The minimum atomic E-state index is -0.212. The molecule has 1 N–H and O–H groups in total. The van der Waals surface area contributed by atoms with Crippen molar-refractivity contribution in [2.24, 2.45) is 0 Å². The Kier molecular flexibility index (Phi) is 3.81. The first kappa shape index (κ1) is 12.8. The number of hydrogen-bond donors (Lipinski definition) is 1. The molecule has 0 saturated heterocycles. The molecular formula is C13H16N2O2S. The van der Waals surface area contributed by atoms with Crippen LogP contribution in [0.2, 0.25) is 0 Å². The number of aromatic nitrogens is 1. The van der Waals surface area contributed by atoms with Crippen molar-refractivity contribution in [2.45, 2.75) is 33.2 Å². The summed E-state index contributed by atoms with van der Waals surface area (Å²) in [6.07, 6.45) is 0.831. The minimum absolute atomic E-state index is 0.0703. The average Bonchev–Trinajstić information content (AvgIpc) is 2.87. The number of rotatable bonds is 4. The summed E-state index contributed by atoms with van der Waals surface area (Å²) < 4.78 is 4.92. The topological polar surface area (TPSA) is 55.1 Å². The molecule has 18 heavy (non-hydrogen) atoms. The van der Waals surface area contributed by atoms with Crippen molar-refractivity contribution in [3.63, 3.8) is 0 Å². The second-order valence-electron chi connectivity index (χ2n) is 4.42. The Balaban J connectivity index is 1.91. The van der Waals surface area contributed by atoms with Crippen molar-refractivity contribution >= 4 is 17.2 Å². The smallest absolute Gasteiger partial charge is 0.290 e. The molecule has 2 aromatic rings. The molecule has 0 aliphatic heterocycles. The first-order valence-corrected chi connectivity index (χ1v) is 6.66. The number of hydrogen-bond acceptors (Lipinski definition) is 4. The zero-order valence-electron chi connectivity index (χ0n) is 10.7. The third-order valence-corrected chi connectivity index (χ3v) is 3.56. The van der Waals surface area contributed by atoms with Crippen LogP contribution in [0.3, 0.4) is 0 Å². The van der Waals surface area contributed by atoms with Gasteiger partial charge in [0.15, 0.2) is 0 Å². The van der Waals surface area contributed by atoms with Crippen LogP contribution in [0.1, 0.15) is 32.9 Å². The molecule has 0 aliphatic carbocycles. The Bertz CT molecular complexity index is 545. The van der Waals surface area contributed by atoms with Crippen molar-refractivity contribution in [1.29, 1.82) is 0 Å².